The van der Waals surface area contributed by atoms with Crippen LogP contribution in [0.2, 0.25) is 0 Å². The quantitative estimate of drug-likeness (QED) is 0.374. The van der Waals surface area contributed by atoms with E-state index in [0.29, 0.717) is 31.3 Å². The number of aliphatic hydroxyl groups excluding tert-OH is 1. The first kappa shape index (κ1) is 32.5. The third-order valence-corrected chi connectivity index (χ3v) is 5.94. The Morgan fingerprint density at radius 1 is 1.15 bits per heavy atom. The minimum absolute atomic E-state index is 0. The molecule has 0 aliphatic rings. The van der Waals surface area contributed by atoms with E-state index in [0.717, 1.165) is 24.2 Å². The summed E-state index contributed by atoms with van der Waals surface area (Å²) in [5.74, 6) is 2.07. The Morgan fingerprint density at radius 2 is 1.79 bits per heavy atom. The van der Waals surface area contributed by atoms with Gasteiger partial charge in [0.25, 0.3) is 0 Å². The maximum absolute atomic E-state index is 12.4. The molecule has 1 aromatic rings. The molecule has 1 rings (SSSR count). The van der Waals surface area contributed by atoms with Gasteiger partial charge in [0.1, 0.15) is 0 Å². The third kappa shape index (κ3) is 10.8. The zero-order valence-electron chi connectivity index (χ0n) is 22.3. The summed E-state index contributed by atoms with van der Waals surface area (Å²) >= 11 is 0. The van der Waals surface area contributed by atoms with E-state index in [2.05, 4.69) is 13.8 Å². The highest BCUT2D eigenvalue weighted by molar-refractivity contribution is 5.85. The van der Waals surface area contributed by atoms with Crippen molar-refractivity contribution in [2.45, 2.75) is 66.0 Å². The molecular weight excluding hydrogens is 456 g/mol. The number of benzene rings is 1. The van der Waals surface area contributed by atoms with Crippen LogP contribution in [0.15, 0.2) is 18.2 Å². The topological polar surface area (TPSA) is 94.3 Å². The summed E-state index contributed by atoms with van der Waals surface area (Å²) in [6, 6.07) is 5.59. The SMILES string of the molecule is COCCCOc1cc(C[C@@H](C[C@H](N)[C@@H](O)CN(C)C(=O)C(C)(C)C)C(C)C)ccc1OC.Cl. The lowest BCUT2D eigenvalue weighted by atomic mass is 9.83. The number of hydrogen-bond donors (Lipinski definition) is 2. The fourth-order valence-corrected chi connectivity index (χ4v) is 3.82. The van der Waals surface area contributed by atoms with Crippen LogP contribution in [0.3, 0.4) is 0 Å². The van der Waals surface area contributed by atoms with E-state index >= 15 is 0 Å². The lowest BCUT2D eigenvalue weighted by molar-refractivity contribution is -0.139. The number of hydrogen-bond acceptors (Lipinski definition) is 6. The molecule has 1 aromatic carbocycles. The number of carbonyl (C=O) groups excluding carboxylic acids is 1. The van der Waals surface area contributed by atoms with Gasteiger partial charge in [-0.3, -0.25) is 4.79 Å². The van der Waals surface area contributed by atoms with Crippen LogP contribution in [0, 0.1) is 17.3 Å². The van der Waals surface area contributed by atoms with Gasteiger partial charge in [-0.05, 0) is 42.4 Å². The Morgan fingerprint density at radius 3 is 2.32 bits per heavy atom. The number of amides is 1. The molecule has 3 atom stereocenters. The second-order valence-electron chi connectivity index (χ2n) is 10.3. The lowest BCUT2D eigenvalue weighted by Gasteiger charge is -2.31. The largest absolute Gasteiger partial charge is 0.493 e. The highest BCUT2D eigenvalue weighted by Crippen LogP contribution is 2.31. The van der Waals surface area contributed by atoms with Crippen molar-refractivity contribution in [1.82, 2.24) is 4.90 Å². The molecule has 0 heterocycles. The summed E-state index contributed by atoms with van der Waals surface area (Å²) in [5.41, 5.74) is 7.04. The fraction of sp³-hybridized carbons (Fsp3) is 0.731. The van der Waals surface area contributed by atoms with Crippen molar-refractivity contribution in [1.29, 1.82) is 0 Å². The maximum Gasteiger partial charge on any atom is 0.227 e. The van der Waals surface area contributed by atoms with Crippen LogP contribution in [0.5, 0.6) is 11.5 Å². The molecule has 0 radical (unpaired) electrons. The summed E-state index contributed by atoms with van der Waals surface area (Å²) < 4.78 is 16.4. The van der Waals surface area contributed by atoms with Crippen LogP contribution in [0.1, 0.15) is 53.0 Å². The summed E-state index contributed by atoms with van der Waals surface area (Å²) in [4.78, 5) is 14.0. The van der Waals surface area contributed by atoms with Crippen LogP contribution < -0.4 is 15.2 Å². The van der Waals surface area contributed by atoms with Crippen LogP contribution in [-0.2, 0) is 16.0 Å². The van der Waals surface area contributed by atoms with Gasteiger partial charge in [0.15, 0.2) is 11.5 Å². The van der Waals surface area contributed by atoms with Crippen molar-refractivity contribution in [2.24, 2.45) is 23.0 Å². The number of halogens is 1. The van der Waals surface area contributed by atoms with E-state index in [-0.39, 0.29) is 30.8 Å². The molecule has 0 saturated carbocycles. The van der Waals surface area contributed by atoms with E-state index in [4.69, 9.17) is 19.9 Å². The van der Waals surface area contributed by atoms with E-state index in [1.807, 2.05) is 39.0 Å². The minimum Gasteiger partial charge on any atom is -0.493 e. The lowest BCUT2D eigenvalue weighted by Crippen LogP contribution is -2.47. The van der Waals surface area contributed by atoms with Gasteiger partial charge >= 0.3 is 0 Å². The van der Waals surface area contributed by atoms with Crippen molar-refractivity contribution in [3.05, 3.63) is 23.8 Å². The van der Waals surface area contributed by atoms with Gasteiger partial charge in [0.2, 0.25) is 5.91 Å². The van der Waals surface area contributed by atoms with E-state index < -0.39 is 17.6 Å². The Kier molecular flexibility index (Phi) is 14.8. The minimum atomic E-state index is -0.780. The van der Waals surface area contributed by atoms with Crippen LogP contribution in [-0.4, -0.2) is 69.1 Å². The van der Waals surface area contributed by atoms with Crippen molar-refractivity contribution < 1.29 is 24.1 Å². The number of nitrogens with two attached hydrogens (primary N) is 1. The number of methoxy groups -OCH3 is 2. The average Bonchev–Trinajstić information content (AvgIpc) is 2.74. The molecule has 0 saturated heterocycles. The Bertz CT molecular complexity index is 724. The van der Waals surface area contributed by atoms with Gasteiger partial charge < -0.3 is 30.0 Å². The highest BCUT2D eigenvalue weighted by atomic mass is 35.5. The molecule has 0 spiro atoms. The third-order valence-electron chi connectivity index (χ3n) is 5.94. The van der Waals surface area contributed by atoms with Gasteiger partial charge in [-0.15, -0.1) is 12.4 Å². The second kappa shape index (κ2) is 15.5. The van der Waals surface area contributed by atoms with Gasteiger partial charge in [0.05, 0.1) is 19.8 Å². The van der Waals surface area contributed by atoms with Gasteiger partial charge in [0, 0.05) is 45.2 Å². The van der Waals surface area contributed by atoms with Gasteiger partial charge in [-0.25, -0.2) is 0 Å². The molecule has 0 fully saturated rings. The molecular formula is C26H47ClN2O5. The van der Waals surface area contributed by atoms with Crippen molar-refractivity contribution in [2.75, 3.05) is 41.0 Å². The Labute approximate surface area is 212 Å². The first-order valence-electron chi connectivity index (χ1n) is 11.9. The van der Waals surface area contributed by atoms with Crippen LogP contribution in [0.25, 0.3) is 0 Å². The predicted octanol–water partition coefficient (Wildman–Crippen LogP) is 3.93. The molecule has 0 aromatic heterocycles. The van der Waals surface area contributed by atoms with Gasteiger partial charge in [-0.1, -0.05) is 40.7 Å². The zero-order chi connectivity index (χ0) is 25.2. The first-order chi connectivity index (χ1) is 15.4. The average molecular weight is 503 g/mol. The molecule has 0 aliphatic carbocycles. The number of ether oxygens (including phenoxy) is 3. The van der Waals surface area contributed by atoms with E-state index in [1.165, 1.54) is 0 Å². The second-order valence-corrected chi connectivity index (χ2v) is 10.3. The predicted molar refractivity (Wildman–Crippen MR) is 140 cm³/mol. The van der Waals surface area contributed by atoms with Crippen LogP contribution in [0.4, 0.5) is 0 Å². The highest BCUT2D eigenvalue weighted by Gasteiger charge is 2.29. The van der Waals surface area contributed by atoms with Crippen molar-refractivity contribution >= 4 is 18.3 Å². The summed E-state index contributed by atoms with van der Waals surface area (Å²) in [6.45, 7) is 11.4. The monoisotopic (exact) mass is 502 g/mol. The number of rotatable bonds is 14. The van der Waals surface area contributed by atoms with Crippen LogP contribution >= 0.6 is 12.4 Å². The van der Waals surface area contributed by atoms with E-state index in [1.54, 1.807) is 26.2 Å². The normalized spacial score (nSPS) is 14.2. The molecule has 198 valence electrons. The summed E-state index contributed by atoms with van der Waals surface area (Å²) in [7, 11) is 5.03. The van der Waals surface area contributed by atoms with Crippen molar-refractivity contribution in [3.63, 3.8) is 0 Å². The van der Waals surface area contributed by atoms with Crippen molar-refractivity contribution in [3.8, 4) is 11.5 Å². The fourth-order valence-electron chi connectivity index (χ4n) is 3.82. The number of carbonyl (C=O) groups is 1. The molecule has 0 bridgehead atoms. The van der Waals surface area contributed by atoms with Gasteiger partial charge in [-0.2, -0.15) is 0 Å². The molecule has 3 N–H and O–H groups in total. The molecule has 0 unspecified atom stereocenters. The van der Waals surface area contributed by atoms with E-state index in [9.17, 15) is 9.90 Å². The number of aliphatic hydroxyl groups is 1. The molecule has 34 heavy (non-hydrogen) atoms. The molecule has 1 amide bonds. The zero-order valence-corrected chi connectivity index (χ0v) is 23.1. The number of likely N-dealkylation sites (N-methyl/N-ethyl adjacent to an activating group) is 1. The first-order valence-corrected chi connectivity index (χ1v) is 11.9. The standard InChI is InChI=1S/C26H46N2O5.ClH/c1-18(2)20(16-21(27)22(29)17-28(6)25(30)26(3,4)5)14-19-10-11-23(32-8)24(15-19)33-13-9-12-31-7;/h10-11,15,18,20-22,29H,9,12-14,16-17,27H2,1-8H3;1H/t20-,21-,22-;/m0./s1. The summed E-state index contributed by atoms with van der Waals surface area (Å²) in [5, 5.41) is 10.7. The summed E-state index contributed by atoms with van der Waals surface area (Å²) in [6.07, 6.45) is 1.50. The maximum atomic E-state index is 12.4. The molecule has 8 heteroatoms. The number of nitrogens with zero attached hydrogens (tertiary/aromatic N) is 1. The molecule has 7 nitrogen and oxygen atoms in total. The smallest absolute Gasteiger partial charge is 0.227 e. The Balaban J connectivity index is 0.0000109. The molecule has 0 aliphatic heterocycles. The Hall–Kier alpha value is -1.54.